The normalized spacial score (nSPS) is 20.7. The minimum atomic E-state index is 0.0793. The number of fused-ring (bicyclic) bond motifs is 1. The number of benzene rings is 1. The summed E-state index contributed by atoms with van der Waals surface area (Å²) in [6.45, 7) is 0.153. The zero-order valence-electron chi connectivity index (χ0n) is 13.6. The van der Waals surface area contributed by atoms with Crippen molar-refractivity contribution in [2.24, 2.45) is 11.8 Å². The Bertz CT molecular complexity index is 788. The van der Waals surface area contributed by atoms with E-state index in [4.69, 9.17) is 27.9 Å². The number of nitrogens with one attached hydrogen (secondary N) is 1. The van der Waals surface area contributed by atoms with Crippen LogP contribution in [0.5, 0.6) is 5.75 Å². The molecular weight excluding hydrogens is 363 g/mol. The number of nitrogens with zero attached hydrogens (tertiary/aromatic N) is 3. The van der Waals surface area contributed by atoms with Crippen LogP contribution in [0.3, 0.4) is 0 Å². The number of aromatic nitrogens is 4. The van der Waals surface area contributed by atoms with Crippen LogP contribution in [0.1, 0.15) is 53.8 Å². The molecule has 0 amide bonds. The lowest BCUT2D eigenvalue weighted by molar-refractivity contribution is 0.0850. The van der Waals surface area contributed by atoms with Gasteiger partial charge in [-0.25, -0.2) is 5.10 Å². The first kappa shape index (κ1) is 16.8. The number of hydrogen-bond donors (Lipinski definition) is 1. The maximum atomic E-state index is 13.0. The van der Waals surface area contributed by atoms with Gasteiger partial charge in [0.2, 0.25) is 0 Å². The predicted molar refractivity (Wildman–Crippen MR) is 93.1 cm³/mol. The quantitative estimate of drug-likeness (QED) is 0.865. The summed E-state index contributed by atoms with van der Waals surface area (Å²) in [5, 5.41) is 14.0. The molecule has 0 aliphatic heterocycles. The van der Waals surface area contributed by atoms with Gasteiger partial charge in [-0.1, -0.05) is 36.0 Å². The molecule has 132 valence electrons. The first-order valence-electron chi connectivity index (χ1n) is 8.55. The second-order valence-electron chi connectivity index (χ2n) is 6.73. The van der Waals surface area contributed by atoms with Crippen molar-refractivity contribution in [3.63, 3.8) is 0 Å². The summed E-state index contributed by atoms with van der Waals surface area (Å²) in [7, 11) is 0. The number of aryl methyl sites for hydroxylation is 1. The molecule has 1 saturated carbocycles. The molecule has 0 saturated heterocycles. The number of carbonyl (C=O) groups is 1. The number of halogens is 2. The highest BCUT2D eigenvalue weighted by Gasteiger charge is 2.37. The first-order valence-corrected chi connectivity index (χ1v) is 9.31. The van der Waals surface area contributed by atoms with Gasteiger partial charge in [0.05, 0.1) is 5.02 Å². The molecule has 2 aromatic rings. The van der Waals surface area contributed by atoms with E-state index < -0.39 is 0 Å². The number of rotatable bonds is 4. The van der Waals surface area contributed by atoms with E-state index in [0.717, 1.165) is 31.2 Å². The van der Waals surface area contributed by atoms with E-state index >= 15 is 0 Å². The van der Waals surface area contributed by atoms with Crippen LogP contribution in [-0.2, 0) is 13.0 Å². The summed E-state index contributed by atoms with van der Waals surface area (Å²) in [5.41, 5.74) is 1.50. The maximum Gasteiger partial charge on any atom is 0.186 e. The largest absolute Gasteiger partial charge is 0.484 e. The molecule has 1 heterocycles. The summed E-state index contributed by atoms with van der Waals surface area (Å²) < 4.78 is 5.69. The van der Waals surface area contributed by atoms with Crippen LogP contribution in [0.15, 0.2) is 6.07 Å². The summed E-state index contributed by atoms with van der Waals surface area (Å²) in [6.07, 6.45) is 6.42. The average molecular weight is 381 g/mol. The fourth-order valence-electron chi connectivity index (χ4n) is 4.04. The number of Topliss-reactive ketones (excluding diaryl/α,β-unsaturated/α-hetero) is 1. The van der Waals surface area contributed by atoms with Crippen LogP contribution in [0.25, 0.3) is 0 Å². The number of carbonyl (C=O) groups excluding carboxylic acids is 1. The Morgan fingerprint density at radius 3 is 2.72 bits per heavy atom. The smallest absolute Gasteiger partial charge is 0.186 e. The van der Waals surface area contributed by atoms with Crippen LogP contribution in [-0.4, -0.2) is 26.4 Å². The standard InChI is InChI=1S/C17H18Cl2N4O2/c18-15-12(25-8-13-20-22-23-21-13)7-10-5-6-11(9-3-1-2-4-9)17(24)14(10)16(15)19/h7,9,11H,1-6,8H2,(H,20,21,22,23). The van der Waals surface area contributed by atoms with Crippen LogP contribution < -0.4 is 4.74 Å². The molecule has 1 N–H and O–H groups in total. The highest BCUT2D eigenvalue weighted by atomic mass is 35.5. The Morgan fingerprint density at radius 1 is 1.20 bits per heavy atom. The molecule has 2 aliphatic rings. The fraction of sp³-hybridized carbons (Fsp3) is 0.529. The molecule has 8 heteroatoms. The number of aromatic amines is 1. The van der Waals surface area contributed by atoms with Gasteiger partial charge in [-0.3, -0.25) is 4.79 Å². The topological polar surface area (TPSA) is 80.8 Å². The molecule has 0 radical (unpaired) electrons. The van der Waals surface area contributed by atoms with Gasteiger partial charge in [-0.15, -0.1) is 5.10 Å². The van der Waals surface area contributed by atoms with Crippen molar-refractivity contribution in [3.05, 3.63) is 33.1 Å². The van der Waals surface area contributed by atoms with Crippen molar-refractivity contribution in [2.45, 2.75) is 45.1 Å². The minimum Gasteiger partial charge on any atom is -0.484 e. The lowest BCUT2D eigenvalue weighted by Gasteiger charge is -2.29. The molecular formula is C17H18Cl2N4O2. The zero-order chi connectivity index (χ0) is 17.4. The van der Waals surface area contributed by atoms with E-state index in [1.165, 1.54) is 12.8 Å². The summed E-state index contributed by atoms with van der Waals surface area (Å²) >= 11 is 12.8. The van der Waals surface area contributed by atoms with E-state index in [2.05, 4.69) is 20.6 Å². The highest BCUT2D eigenvalue weighted by molar-refractivity contribution is 6.45. The molecule has 1 aromatic carbocycles. The number of ketones is 1. The Balaban J connectivity index is 1.60. The molecule has 1 aromatic heterocycles. The first-order chi connectivity index (χ1) is 12.1. The summed E-state index contributed by atoms with van der Waals surface area (Å²) in [4.78, 5) is 13.0. The van der Waals surface area contributed by atoms with Crippen molar-refractivity contribution < 1.29 is 9.53 Å². The van der Waals surface area contributed by atoms with Gasteiger partial charge in [0.25, 0.3) is 0 Å². The number of H-pyrrole nitrogens is 1. The Hall–Kier alpha value is -1.66. The van der Waals surface area contributed by atoms with Gasteiger partial charge in [0.1, 0.15) is 17.4 Å². The van der Waals surface area contributed by atoms with Crippen molar-refractivity contribution in [1.29, 1.82) is 0 Å². The molecule has 1 fully saturated rings. The third kappa shape index (κ3) is 3.13. The van der Waals surface area contributed by atoms with E-state index in [0.29, 0.717) is 28.1 Å². The van der Waals surface area contributed by atoms with Gasteiger partial charge in [-0.2, -0.15) is 0 Å². The molecule has 0 spiro atoms. The monoisotopic (exact) mass is 380 g/mol. The Morgan fingerprint density at radius 2 is 2.00 bits per heavy atom. The molecule has 2 aliphatic carbocycles. The molecule has 0 bridgehead atoms. The van der Waals surface area contributed by atoms with Crippen molar-refractivity contribution in [2.75, 3.05) is 0 Å². The van der Waals surface area contributed by atoms with Gasteiger partial charge in [0.15, 0.2) is 11.6 Å². The second-order valence-corrected chi connectivity index (χ2v) is 7.48. The average Bonchev–Trinajstić information content (AvgIpc) is 3.30. The van der Waals surface area contributed by atoms with E-state index in [1.54, 1.807) is 0 Å². The number of tetrazole rings is 1. The Labute approximate surface area is 155 Å². The number of hydrogen-bond acceptors (Lipinski definition) is 5. The van der Waals surface area contributed by atoms with Crippen LogP contribution >= 0.6 is 23.2 Å². The maximum absolute atomic E-state index is 13.0. The summed E-state index contributed by atoms with van der Waals surface area (Å²) in [6, 6.07) is 1.83. The SMILES string of the molecule is O=C1c2c(cc(OCc3nnn[nH]3)c(Cl)c2Cl)CCC1C1CCCC1. The molecule has 6 nitrogen and oxygen atoms in total. The van der Waals surface area contributed by atoms with Gasteiger partial charge >= 0.3 is 0 Å². The third-order valence-electron chi connectivity index (χ3n) is 5.29. The molecule has 4 rings (SSSR count). The predicted octanol–water partition coefficient (Wildman–Crippen LogP) is 4.02. The molecule has 1 atom stereocenters. The van der Waals surface area contributed by atoms with E-state index in [-0.39, 0.29) is 23.3 Å². The van der Waals surface area contributed by atoms with Gasteiger partial charge in [0, 0.05) is 11.5 Å². The van der Waals surface area contributed by atoms with Crippen molar-refractivity contribution in [1.82, 2.24) is 20.6 Å². The lowest BCUT2D eigenvalue weighted by Crippen LogP contribution is -2.28. The van der Waals surface area contributed by atoms with Crippen molar-refractivity contribution >= 4 is 29.0 Å². The third-order valence-corrected chi connectivity index (χ3v) is 6.14. The van der Waals surface area contributed by atoms with Gasteiger partial charge in [-0.05, 0) is 53.7 Å². The minimum absolute atomic E-state index is 0.0793. The van der Waals surface area contributed by atoms with Crippen LogP contribution in [0.2, 0.25) is 10.0 Å². The highest BCUT2D eigenvalue weighted by Crippen LogP contribution is 2.45. The van der Waals surface area contributed by atoms with E-state index in [9.17, 15) is 4.79 Å². The van der Waals surface area contributed by atoms with Gasteiger partial charge < -0.3 is 4.74 Å². The van der Waals surface area contributed by atoms with Crippen LogP contribution in [0, 0.1) is 11.8 Å². The second kappa shape index (κ2) is 6.92. The van der Waals surface area contributed by atoms with E-state index in [1.807, 2.05) is 6.07 Å². The van der Waals surface area contributed by atoms with Crippen LogP contribution in [0.4, 0.5) is 0 Å². The zero-order valence-corrected chi connectivity index (χ0v) is 15.1. The fourth-order valence-corrected chi connectivity index (χ4v) is 4.56. The summed E-state index contributed by atoms with van der Waals surface area (Å²) in [5.74, 6) is 1.66. The van der Waals surface area contributed by atoms with Crippen molar-refractivity contribution in [3.8, 4) is 5.75 Å². The Kier molecular flexibility index (Phi) is 4.65. The lowest BCUT2D eigenvalue weighted by atomic mass is 9.75. The number of ether oxygens (including phenoxy) is 1. The molecule has 1 unspecified atom stereocenters. The molecule has 25 heavy (non-hydrogen) atoms.